The van der Waals surface area contributed by atoms with Gasteiger partial charge in [-0.2, -0.15) is 8.75 Å². The van der Waals surface area contributed by atoms with Gasteiger partial charge in [0.1, 0.15) is 11.0 Å². The van der Waals surface area contributed by atoms with Crippen LogP contribution in [0.4, 0.5) is 5.69 Å². The molecule has 1 heterocycles. The van der Waals surface area contributed by atoms with Gasteiger partial charge in [-0.25, -0.2) is 0 Å². The predicted molar refractivity (Wildman–Crippen MR) is 130 cm³/mol. The number of ether oxygens (including phenoxy) is 2. The number of carboxylic acid groups (broad SMARTS) is 1. The summed E-state index contributed by atoms with van der Waals surface area (Å²) in [6.45, 7) is 0. The van der Waals surface area contributed by atoms with Crippen molar-refractivity contribution in [3.05, 3.63) is 93.0 Å². The van der Waals surface area contributed by atoms with Crippen molar-refractivity contribution < 1.29 is 58.6 Å². The first-order valence-corrected chi connectivity index (χ1v) is 11.2. The van der Waals surface area contributed by atoms with Crippen LogP contribution < -0.4 is 44.1 Å². The van der Waals surface area contributed by atoms with E-state index < -0.39 is 16.7 Å². The van der Waals surface area contributed by atoms with Gasteiger partial charge in [0.2, 0.25) is 0 Å². The van der Waals surface area contributed by atoms with E-state index in [0.29, 0.717) is 28.1 Å². The maximum atomic E-state index is 13.7. The van der Waals surface area contributed by atoms with Gasteiger partial charge in [0.25, 0.3) is 5.69 Å². The topological polar surface area (TPSA) is 145 Å². The first-order valence-electron chi connectivity index (χ1n) is 10.5. The predicted octanol–water partition coefficient (Wildman–Crippen LogP) is 0.250. The van der Waals surface area contributed by atoms with E-state index >= 15 is 0 Å². The first kappa shape index (κ1) is 27.9. The van der Waals surface area contributed by atoms with Crippen molar-refractivity contribution in [3.8, 4) is 11.5 Å². The molecular formula is C25H18N3NaO7S. The van der Waals surface area contributed by atoms with Crippen molar-refractivity contribution in [2.45, 2.75) is 6.42 Å². The molecule has 0 saturated heterocycles. The minimum absolute atomic E-state index is 0. The number of benzene rings is 3. The fourth-order valence-electron chi connectivity index (χ4n) is 3.73. The zero-order chi connectivity index (χ0) is 25.8. The Balaban J connectivity index is 0.00000380. The largest absolute Gasteiger partial charge is 1.00 e. The minimum atomic E-state index is -1.55. The Morgan fingerprint density at radius 3 is 2.16 bits per heavy atom. The molecule has 0 fully saturated rings. The number of aliphatic carboxylic acids is 1. The van der Waals surface area contributed by atoms with Crippen LogP contribution in [0.1, 0.15) is 21.5 Å². The van der Waals surface area contributed by atoms with Crippen molar-refractivity contribution in [1.82, 2.24) is 8.75 Å². The van der Waals surface area contributed by atoms with Gasteiger partial charge in [0.15, 0.2) is 17.3 Å². The van der Waals surface area contributed by atoms with Crippen LogP contribution in [0.2, 0.25) is 0 Å². The van der Waals surface area contributed by atoms with E-state index in [9.17, 15) is 24.8 Å². The molecule has 0 aliphatic carbocycles. The number of nitro groups is 1. The van der Waals surface area contributed by atoms with Crippen LogP contribution in [-0.2, 0) is 11.2 Å². The van der Waals surface area contributed by atoms with E-state index in [0.717, 1.165) is 11.7 Å². The van der Waals surface area contributed by atoms with Crippen molar-refractivity contribution in [2.75, 3.05) is 14.2 Å². The summed E-state index contributed by atoms with van der Waals surface area (Å²) < 4.78 is 18.8. The quantitative estimate of drug-likeness (QED) is 0.0983. The number of ketones is 1. The Labute approximate surface area is 237 Å². The molecule has 0 spiro atoms. The van der Waals surface area contributed by atoms with Crippen molar-refractivity contribution in [1.29, 1.82) is 0 Å². The molecule has 12 heteroatoms. The summed E-state index contributed by atoms with van der Waals surface area (Å²) in [5, 5.41) is 23.5. The molecule has 4 rings (SSSR count). The summed E-state index contributed by atoms with van der Waals surface area (Å²) in [6, 6.07) is 14.7. The second-order valence-electron chi connectivity index (χ2n) is 7.61. The number of aromatic nitrogens is 2. The number of nitro benzene ring substituents is 1. The molecule has 1 aromatic heterocycles. The van der Waals surface area contributed by atoms with Crippen LogP contribution in [0.5, 0.6) is 11.5 Å². The van der Waals surface area contributed by atoms with Gasteiger partial charge in [-0.05, 0) is 41.5 Å². The van der Waals surface area contributed by atoms with E-state index in [4.69, 9.17) is 9.47 Å². The average molecular weight is 527 g/mol. The van der Waals surface area contributed by atoms with Gasteiger partial charge in [0.05, 0.1) is 36.8 Å². The fraction of sp³-hybridized carbons (Fsp3) is 0.120. The molecule has 0 radical (unpaired) electrons. The number of allylic oxidation sites excluding steroid dienone is 1. The van der Waals surface area contributed by atoms with Crippen LogP contribution in [-0.4, -0.2) is 39.6 Å². The van der Waals surface area contributed by atoms with E-state index in [1.165, 1.54) is 62.8 Å². The van der Waals surface area contributed by atoms with E-state index in [-0.39, 0.29) is 63.9 Å². The standard InChI is InChI=1S/C25H19N3O7S.Na/c1-34-21-10-6-16(13-22(21)35-2)24(29)18(11-14-3-7-17(8-4-14)28(32)33)23(25(30)31)15-5-9-19-20(12-15)27-36-26-19;/h3-10,12-13H,11H2,1-2H3,(H,30,31);/q;+1/p-1/b23-18+;. The smallest absolute Gasteiger partial charge is 0.545 e. The molecule has 0 N–H and O–H groups in total. The molecule has 0 saturated carbocycles. The third-order valence-electron chi connectivity index (χ3n) is 5.50. The number of carboxylic acids is 1. The summed E-state index contributed by atoms with van der Waals surface area (Å²) in [5.41, 5.74) is 1.44. The fourth-order valence-corrected chi connectivity index (χ4v) is 4.24. The molecule has 0 amide bonds. The third kappa shape index (κ3) is 6.03. The van der Waals surface area contributed by atoms with Crippen LogP contribution >= 0.6 is 11.7 Å². The Morgan fingerprint density at radius 1 is 0.892 bits per heavy atom. The Kier molecular flexibility index (Phi) is 9.11. The van der Waals surface area contributed by atoms with Crippen molar-refractivity contribution >= 4 is 45.8 Å². The summed E-state index contributed by atoms with van der Waals surface area (Å²) in [4.78, 5) is 36.7. The monoisotopic (exact) mass is 527 g/mol. The number of hydrogen-bond acceptors (Lipinski definition) is 10. The van der Waals surface area contributed by atoms with Gasteiger partial charge < -0.3 is 19.4 Å². The number of rotatable bonds is 9. The normalized spacial score (nSPS) is 11.3. The summed E-state index contributed by atoms with van der Waals surface area (Å²) in [7, 11) is 2.88. The molecule has 0 bridgehead atoms. The Bertz CT molecular complexity index is 1520. The molecule has 37 heavy (non-hydrogen) atoms. The maximum Gasteiger partial charge on any atom is 1.00 e. The van der Waals surface area contributed by atoms with E-state index in [2.05, 4.69) is 8.75 Å². The summed E-state index contributed by atoms with van der Waals surface area (Å²) in [6.07, 6.45) is -0.123. The van der Waals surface area contributed by atoms with Crippen molar-refractivity contribution in [2.24, 2.45) is 0 Å². The molecule has 182 valence electrons. The minimum Gasteiger partial charge on any atom is -0.545 e. The number of fused-ring (bicyclic) bond motifs is 1. The summed E-state index contributed by atoms with van der Waals surface area (Å²) >= 11 is 0.980. The molecule has 4 aromatic rings. The molecule has 10 nitrogen and oxygen atoms in total. The molecule has 0 aliphatic rings. The molecule has 0 unspecified atom stereocenters. The number of carbonyl (C=O) groups excluding carboxylic acids is 2. The SMILES string of the molecule is COc1ccc(C(=O)/C(Cc2ccc([N+](=O)[O-])cc2)=C(/C(=O)[O-])c2ccc3nsnc3c2)cc1OC.[Na+]. The second kappa shape index (κ2) is 12.1. The zero-order valence-electron chi connectivity index (χ0n) is 20.1. The molecule has 3 aromatic carbocycles. The van der Waals surface area contributed by atoms with Gasteiger partial charge in [-0.3, -0.25) is 14.9 Å². The number of carbonyl (C=O) groups is 2. The first-order chi connectivity index (χ1) is 17.3. The number of hydrogen-bond donors (Lipinski definition) is 0. The van der Waals surface area contributed by atoms with E-state index in [1.807, 2.05) is 0 Å². The number of methoxy groups -OCH3 is 2. The number of nitrogens with zero attached hydrogens (tertiary/aromatic N) is 3. The van der Waals surface area contributed by atoms with Gasteiger partial charge in [-0.1, -0.05) is 18.2 Å². The Morgan fingerprint density at radius 2 is 1.54 bits per heavy atom. The van der Waals surface area contributed by atoms with Gasteiger partial charge in [-0.15, -0.1) is 0 Å². The maximum absolute atomic E-state index is 13.7. The van der Waals surface area contributed by atoms with Crippen LogP contribution in [0.15, 0.2) is 66.2 Å². The van der Waals surface area contributed by atoms with E-state index in [1.54, 1.807) is 12.1 Å². The van der Waals surface area contributed by atoms with Gasteiger partial charge >= 0.3 is 29.6 Å². The zero-order valence-corrected chi connectivity index (χ0v) is 22.9. The number of non-ortho nitro benzene ring substituents is 1. The van der Waals surface area contributed by atoms with Crippen LogP contribution in [0.25, 0.3) is 16.6 Å². The van der Waals surface area contributed by atoms with Crippen LogP contribution in [0.3, 0.4) is 0 Å². The second-order valence-corrected chi connectivity index (χ2v) is 8.14. The average Bonchev–Trinajstić information content (AvgIpc) is 3.35. The van der Waals surface area contributed by atoms with Crippen LogP contribution in [0, 0.1) is 10.1 Å². The third-order valence-corrected chi connectivity index (χ3v) is 6.05. The van der Waals surface area contributed by atoms with Crippen molar-refractivity contribution in [3.63, 3.8) is 0 Å². The number of Topliss-reactive ketones (excluding diaryl/α,β-unsaturated/α-hetero) is 1. The Hall–Kier alpha value is -3.64. The summed E-state index contributed by atoms with van der Waals surface area (Å²) in [5.74, 6) is -1.44. The molecule has 0 aliphatic heterocycles. The molecular weight excluding hydrogens is 509 g/mol. The molecule has 0 atom stereocenters. The van der Waals surface area contributed by atoms with Gasteiger partial charge in [0, 0.05) is 35.3 Å².